The van der Waals surface area contributed by atoms with Crippen molar-refractivity contribution in [2.24, 2.45) is 0 Å². The van der Waals surface area contributed by atoms with Crippen LogP contribution in [0.25, 0.3) is 60.2 Å². The van der Waals surface area contributed by atoms with Gasteiger partial charge in [-0.05, 0) is 123 Å². The maximum atomic E-state index is 2.56. The van der Waals surface area contributed by atoms with E-state index in [9.17, 15) is 0 Å². The highest BCUT2D eigenvalue weighted by atomic mass is 28.3. The Morgan fingerprint density at radius 3 is 1.63 bits per heavy atom. The third kappa shape index (κ3) is 6.26. The van der Waals surface area contributed by atoms with Gasteiger partial charge in [-0.3, -0.25) is 0 Å². The first-order valence-corrected chi connectivity index (χ1v) is 26.0. The Bertz CT molecular complexity index is 3200. The summed E-state index contributed by atoms with van der Waals surface area (Å²) < 4.78 is 2.56. The minimum atomic E-state index is -1.61. The molecule has 1 aromatic heterocycles. The van der Waals surface area contributed by atoms with Crippen LogP contribution in [0, 0.1) is 6.92 Å². The van der Waals surface area contributed by atoms with Crippen LogP contribution in [0.15, 0.2) is 146 Å². The lowest BCUT2D eigenvalue weighted by Gasteiger charge is -2.30. The zero-order valence-electron chi connectivity index (χ0n) is 38.8. The number of benzene rings is 8. The van der Waals surface area contributed by atoms with Gasteiger partial charge >= 0.3 is 0 Å². The summed E-state index contributed by atoms with van der Waals surface area (Å²) in [5, 5.41) is 9.36. The Morgan fingerprint density at radius 1 is 0.500 bits per heavy atom. The van der Waals surface area contributed by atoms with Gasteiger partial charge in [0.05, 0.1) is 30.5 Å². The number of hydrogen-bond acceptors (Lipinski definition) is 1. The summed E-state index contributed by atoms with van der Waals surface area (Å²) in [5.41, 5.74) is 16.5. The summed E-state index contributed by atoms with van der Waals surface area (Å²) >= 11 is 0. The molecule has 0 spiro atoms. The molecule has 0 amide bonds. The summed E-state index contributed by atoms with van der Waals surface area (Å²) in [6.45, 7) is 28.3. The third-order valence-electron chi connectivity index (χ3n) is 13.9. The molecule has 0 atom stereocenters. The van der Waals surface area contributed by atoms with E-state index in [1.165, 1.54) is 105 Å². The number of aryl methyl sites for hydroxylation is 1. The second kappa shape index (κ2) is 13.8. The first-order valence-electron chi connectivity index (χ1n) is 22.5. The van der Waals surface area contributed by atoms with Gasteiger partial charge in [0.15, 0.2) is 0 Å². The molecule has 0 aliphatic heterocycles. The molecule has 1 aliphatic carbocycles. The van der Waals surface area contributed by atoms with Crippen LogP contribution in [0.5, 0.6) is 0 Å². The van der Waals surface area contributed by atoms with Crippen molar-refractivity contribution in [2.75, 3.05) is 4.90 Å². The van der Waals surface area contributed by atoms with Crippen LogP contribution < -0.4 is 10.1 Å². The van der Waals surface area contributed by atoms with E-state index in [0.717, 1.165) is 5.69 Å². The average Bonchev–Trinajstić information content (AvgIpc) is 3.67. The molecule has 0 N–H and O–H groups in total. The topological polar surface area (TPSA) is 8.17 Å². The Hall–Kier alpha value is -5.90. The number of aromatic nitrogens is 1. The first kappa shape index (κ1) is 40.2. The molecule has 0 radical (unpaired) electrons. The van der Waals surface area contributed by atoms with Crippen LogP contribution in [0.2, 0.25) is 19.6 Å². The van der Waals surface area contributed by atoms with Crippen LogP contribution in [0.4, 0.5) is 17.1 Å². The van der Waals surface area contributed by atoms with Crippen LogP contribution in [-0.2, 0) is 16.2 Å². The maximum Gasteiger partial charge on any atom is 0.0784 e. The number of anilines is 3. The highest BCUT2D eigenvalue weighted by molar-refractivity contribution is 6.90. The van der Waals surface area contributed by atoms with Crippen molar-refractivity contribution >= 4 is 73.7 Å². The van der Waals surface area contributed by atoms with Gasteiger partial charge in [0.2, 0.25) is 0 Å². The van der Waals surface area contributed by atoms with E-state index >= 15 is 0 Å². The van der Waals surface area contributed by atoms with Crippen LogP contribution >= 0.6 is 0 Å². The smallest absolute Gasteiger partial charge is 0.0784 e. The zero-order valence-corrected chi connectivity index (χ0v) is 39.8. The third-order valence-corrected chi connectivity index (χ3v) is 15.9. The van der Waals surface area contributed by atoms with Crippen molar-refractivity contribution in [1.29, 1.82) is 0 Å². The molecule has 1 heterocycles. The van der Waals surface area contributed by atoms with Gasteiger partial charge in [-0.15, -0.1) is 0 Å². The van der Waals surface area contributed by atoms with E-state index < -0.39 is 8.07 Å². The molecule has 310 valence electrons. The minimum absolute atomic E-state index is 0.0404. The molecule has 0 unspecified atom stereocenters. The Balaban J connectivity index is 1.20. The molecular formula is C59H60N2Si. The number of hydrogen-bond donors (Lipinski definition) is 0. The highest BCUT2D eigenvalue weighted by Gasteiger charge is 2.38. The number of nitrogens with zero attached hydrogens (tertiary/aromatic N) is 2. The van der Waals surface area contributed by atoms with Crippen molar-refractivity contribution in [1.82, 2.24) is 4.57 Å². The van der Waals surface area contributed by atoms with Crippen molar-refractivity contribution in [3.63, 3.8) is 0 Å². The molecule has 0 saturated carbocycles. The van der Waals surface area contributed by atoms with E-state index in [-0.39, 0.29) is 16.2 Å². The summed E-state index contributed by atoms with van der Waals surface area (Å²) in [6, 6.07) is 56.2. The molecule has 8 aromatic carbocycles. The second-order valence-corrected chi connectivity index (χ2v) is 26.7. The number of rotatable bonds is 5. The normalized spacial score (nSPS) is 13.9. The predicted molar refractivity (Wildman–Crippen MR) is 273 cm³/mol. The maximum absolute atomic E-state index is 2.56. The fourth-order valence-corrected chi connectivity index (χ4v) is 12.0. The zero-order chi connectivity index (χ0) is 43.7. The van der Waals surface area contributed by atoms with Gasteiger partial charge in [-0.25, -0.2) is 0 Å². The van der Waals surface area contributed by atoms with Gasteiger partial charge < -0.3 is 9.47 Å². The van der Waals surface area contributed by atoms with Gasteiger partial charge in [-0.1, -0.05) is 171 Å². The van der Waals surface area contributed by atoms with Crippen LogP contribution in [0.3, 0.4) is 0 Å². The Kier molecular flexibility index (Phi) is 8.94. The lowest BCUT2D eigenvalue weighted by atomic mass is 9.81. The van der Waals surface area contributed by atoms with Gasteiger partial charge in [0, 0.05) is 38.3 Å². The second-order valence-electron chi connectivity index (χ2n) is 21.6. The highest BCUT2D eigenvalue weighted by Crippen LogP contribution is 2.55. The molecule has 0 fully saturated rings. The number of fused-ring (bicyclic) bond motifs is 9. The van der Waals surface area contributed by atoms with Crippen LogP contribution in [-0.4, -0.2) is 12.6 Å². The minimum Gasteiger partial charge on any atom is -0.310 e. The summed E-state index contributed by atoms with van der Waals surface area (Å²) in [5.74, 6) is 0. The van der Waals surface area contributed by atoms with Crippen molar-refractivity contribution < 1.29 is 0 Å². The van der Waals surface area contributed by atoms with E-state index in [2.05, 4.69) is 237 Å². The van der Waals surface area contributed by atoms with Crippen molar-refractivity contribution in [3.05, 3.63) is 173 Å². The summed E-state index contributed by atoms with van der Waals surface area (Å²) in [4.78, 5) is 2.49. The lowest BCUT2D eigenvalue weighted by molar-refractivity contribution is 0.590. The predicted octanol–water partition coefficient (Wildman–Crippen LogP) is 16.3. The average molecular weight is 825 g/mol. The molecule has 0 bridgehead atoms. The van der Waals surface area contributed by atoms with E-state index in [1.54, 1.807) is 0 Å². The van der Waals surface area contributed by atoms with Crippen molar-refractivity contribution in [3.8, 4) is 16.8 Å². The first-order chi connectivity index (χ1) is 29.3. The molecule has 10 rings (SSSR count). The Labute approximate surface area is 369 Å². The fourth-order valence-electron chi connectivity index (χ4n) is 10.3. The standard InChI is InChI=1S/C59H60N2Si/c1-37-21-25-40(26-22-37)60(51-31-32-55(62(10,11)12)44-19-15-13-17-42(44)51)41-27-28-46-49(35-41)59(8,9)50-36-54(43-18-14-16-20-45(43)56(46)50)61-52-29-23-38(57(2,3)4)33-47(52)48-34-39(58(5,6)7)24-30-53(48)61/h13-36H,1-12H3. The molecule has 0 saturated heterocycles. The van der Waals surface area contributed by atoms with E-state index in [1.807, 2.05) is 0 Å². The molecular weight excluding hydrogens is 765 g/mol. The SMILES string of the molecule is Cc1ccc(N(c2ccc3c(c2)C(C)(C)c2cc(-n4c5ccc(C(C)(C)C)cc5c5cc(C(C)(C)C)ccc54)c4ccccc4c2-3)c2ccc([Si](C)(C)C)c3ccccc23)cc1. The quantitative estimate of drug-likeness (QED) is 0.157. The van der Waals surface area contributed by atoms with E-state index in [0.29, 0.717) is 0 Å². The largest absolute Gasteiger partial charge is 0.310 e. The summed E-state index contributed by atoms with van der Waals surface area (Å²) in [7, 11) is -1.61. The monoisotopic (exact) mass is 824 g/mol. The van der Waals surface area contributed by atoms with Gasteiger partial charge in [0.1, 0.15) is 0 Å². The van der Waals surface area contributed by atoms with E-state index in [4.69, 9.17) is 0 Å². The molecule has 2 nitrogen and oxygen atoms in total. The van der Waals surface area contributed by atoms with Crippen molar-refractivity contribution in [2.45, 2.75) is 98.2 Å². The fraction of sp³-hybridized carbons (Fsp3) is 0.254. The molecule has 3 heteroatoms. The van der Waals surface area contributed by atoms with Gasteiger partial charge in [-0.2, -0.15) is 0 Å². The molecule has 1 aliphatic rings. The molecule has 62 heavy (non-hydrogen) atoms. The summed E-state index contributed by atoms with van der Waals surface area (Å²) in [6.07, 6.45) is 0. The lowest BCUT2D eigenvalue weighted by Crippen LogP contribution is -2.38. The van der Waals surface area contributed by atoms with Gasteiger partial charge in [0.25, 0.3) is 0 Å². The van der Waals surface area contributed by atoms with Crippen LogP contribution in [0.1, 0.15) is 83.2 Å². The Morgan fingerprint density at radius 2 is 1.05 bits per heavy atom. The molecule has 9 aromatic rings.